The van der Waals surface area contributed by atoms with Crippen LogP contribution in [0, 0.1) is 13.8 Å². The molecule has 2 aromatic carbocycles. The van der Waals surface area contributed by atoms with Crippen molar-refractivity contribution in [3.63, 3.8) is 0 Å². The first-order valence-corrected chi connectivity index (χ1v) is 7.83. The molecular weight excluding hydrogens is 304 g/mol. The summed E-state index contributed by atoms with van der Waals surface area (Å²) in [7, 11) is 0. The highest BCUT2D eigenvalue weighted by Crippen LogP contribution is 2.29. The number of nitrogens with zero attached hydrogens (tertiary/aromatic N) is 1. The number of nitrogens with two attached hydrogens (primary N) is 1. The maximum absolute atomic E-state index is 8.86. The minimum absolute atomic E-state index is 0.0922. The first-order chi connectivity index (χ1) is 9.99. The van der Waals surface area contributed by atoms with Crippen LogP contribution in [0.25, 0.3) is 0 Å². The Morgan fingerprint density at radius 1 is 1.19 bits per heavy atom. The van der Waals surface area contributed by atoms with Gasteiger partial charge in [0.2, 0.25) is 0 Å². The molecule has 0 bridgehead atoms. The Kier molecular flexibility index (Phi) is 5.15. The molecule has 110 valence electrons. The molecule has 2 rings (SSSR count). The Labute approximate surface area is 133 Å². The summed E-state index contributed by atoms with van der Waals surface area (Å²) in [5, 5.41) is 12.6. The molecule has 0 aliphatic rings. The van der Waals surface area contributed by atoms with Crippen LogP contribution in [0.5, 0.6) is 0 Å². The monoisotopic (exact) mass is 320 g/mol. The molecule has 0 aliphatic carbocycles. The summed E-state index contributed by atoms with van der Waals surface area (Å²) in [4.78, 5) is 0.900. The van der Waals surface area contributed by atoms with Crippen molar-refractivity contribution in [2.45, 2.75) is 24.5 Å². The molecule has 0 aromatic heterocycles. The Balaban J connectivity index is 2.25. The number of oxime groups is 1. The molecule has 5 heteroatoms. The third-order valence-electron chi connectivity index (χ3n) is 3.00. The maximum Gasteiger partial charge on any atom is 0.171 e. The molecule has 0 saturated carbocycles. The minimum Gasteiger partial charge on any atom is -0.409 e. The van der Waals surface area contributed by atoms with Crippen LogP contribution in [-0.4, -0.2) is 11.0 Å². The average molecular weight is 321 g/mol. The summed E-state index contributed by atoms with van der Waals surface area (Å²) < 4.78 is 0. The smallest absolute Gasteiger partial charge is 0.171 e. The van der Waals surface area contributed by atoms with Gasteiger partial charge in [-0.2, -0.15) is 0 Å². The lowest BCUT2D eigenvalue weighted by molar-refractivity contribution is 0.318. The SMILES string of the molecule is Cc1cc(C)cc(CSc2cc(Cl)ccc2/C(N)=N/O)c1. The van der Waals surface area contributed by atoms with E-state index in [1.54, 1.807) is 23.9 Å². The number of benzene rings is 2. The van der Waals surface area contributed by atoms with E-state index < -0.39 is 0 Å². The second-order valence-electron chi connectivity index (χ2n) is 4.91. The van der Waals surface area contributed by atoms with Gasteiger partial charge in [0.05, 0.1) is 0 Å². The van der Waals surface area contributed by atoms with Crippen molar-refractivity contribution in [3.05, 3.63) is 63.7 Å². The zero-order chi connectivity index (χ0) is 15.4. The van der Waals surface area contributed by atoms with Crippen molar-refractivity contribution in [2.75, 3.05) is 0 Å². The quantitative estimate of drug-likeness (QED) is 0.289. The first kappa shape index (κ1) is 15.7. The maximum atomic E-state index is 8.86. The molecular formula is C16H17ClN2OS. The Morgan fingerprint density at radius 3 is 2.48 bits per heavy atom. The van der Waals surface area contributed by atoms with E-state index in [4.69, 9.17) is 22.5 Å². The van der Waals surface area contributed by atoms with Crippen molar-refractivity contribution in [3.8, 4) is 0 Å². The van der Waals surface area contributed by atoms with Gasteiger partial charge in [-0.1, -0.05) is 46.1 Å². The number of aryl methyl sites for hydroxylation is 2. The lowest BCUT2D eigenvalue weighted by atomic mass is 10.1. The molecule has 0 atom stereocenters. The predicted octanol–water partition coefficient (Wildman–Crippen LogP) is 4.34. The molecule has 0 heterocycles. The fraction of sp³-hybridized carbons (Fsp3) is 0.188. The zero-order valence-corrected chi connectivity index (χ0v) is 13.5. The van der Waals surface area contributed by atoms with E-state index in [-0.39, 0.29) is 5.84 Å². The summed E-state index contributed by atoms with van der Waals surface area (Å²) in [5.74, 6) is 0.892. The molecule has 0 amide bonds. The van der Waals surface area contributed by atoms with E-state index >= 15 is 0 Å². The van der Waals surface area contributed by atoms with Gasteiger partial charge in [0.25, 0.3) is 0 Å². The standard InChI is InChI=1S/C16H17ClN2OS/c1-10-5-11(2)7-12(6-10)9-21-15-8-13(17)3-4-14(15)16(18)19-20/h3-8,20H,9H2,1-2H3,(H2,18,19). The largest absolute Gasteiger partial charge is 0.409 e. The van der Waals surface area contributed by atoms with Crippen LogP contribution in [-0.2, 0) is 5.75 Å². The number of hydrogen-bond donors (Lipinski definition) is 2. The van der Waals surface area contributed by atoms with Crippen LogP contribution < -0.4 is 5.73 Å². The van der Waals surface area contributed by atoms with Crippen LogP contribution in [0.15, 0.2) is 46.4 Å². The van der Waals surface area contributed by atoms with Gasteiger partial charge in [0.1, 0.15) is 0 Å². The normalized spacial score (nSPS) is 11.7. The molecule has 3 nitrogen and oxygen atoms in total. The van der Waals surface area contributed by atoms with Crippen molar-refractivity contribution in [1.82, 2.24) is 0 Å². The molecule has 3 N–H and O–H groups in total. The second-order valence-corrected chi connectivity index (χ2v) is 6.36. The zero-order valence-electron chi connectivity index (χ0n) is 11.9. The van der Waals surface area contributed by atoms with E-state index in [1.165, 1.54) is 16.7 Å². The van der Waals surface area contributed by atoms with Crippen LogP contribution >= 0.6 is 23.4 Å². The van der Waals surface area contributed by atoms with Crippen LogP contribution in [0.2, 0.25) is 5.02 Å². The van der Waals surface area contributed by atoms with Gasteiger partial charge in [0.15, 0.2) is 5.84 Å². The van der Waals surface area contributed by atoms with E-state index in [9.17, 15) is 0 Å². The van der Waals surface area contributed by atoms with E-state index in [0.717, 1.165) is 10.6 Å². The highest BCUT2D eigenvalue weighted by atomic mass is 35.5. The number of hydrogen-bond acceptors (Lipinski definition) is 3. The number of halogens is 1. The summed E-state index contributed by atoms with van der Waals surface area (Å²) in [6.07, 6.45) is 0. The molecule has 0 spiro atoms. The third-order valence-corrected chi connectivity index (χ3v) is 4.36. The summed E-state index contributed by atoms with van der Waals surface area (Å²) in [6, 6.07) is 11.8. The number of rotatable bonds is 4. The van der Waals surface area contributed by atoms with Gasteiger partial charge in [0, 0.05) is 21.2 Å². The Morgan fingerprint density at radius 2 is 1.86 bits per heavy atom. The Hall–Kier alpha value is -1.65. The molecule has 2 aromatic rings. The molecule has 0 unspecified atom stereocenters. The van der Waals surface area contributed by atoms with Gasteiger partial charge in [-0.25, -0.2) is 0 Å². The topological polar surface area (TPSA) is 58.6 Å². The lowest BCUT2D eigenvalue weighted by Gasteiger charge is -2.09. The summed E-state index contributed by atoms with van der Waals surface area (Å²) in [6.45, 7) is 4.17. The summed E-state index contributed by atoms with van der Waals surface area (Å²) in [5.41, 5.74) is 10.1. The fourth-order valence-corrected chi connectivity index (χ4v) is 3.46. The second kappa shape index (κ2) is 6.87. The van der Waals surface area contributed by atoms with Crippen molar-refractivity contribution >= 4 is 29.2 Å². The van der Waals surface area contributed by atoms with Crippen LogP contribution in [0.3, 0.4) is 0 Å². The molecule has 0 aliphatic heterocycles. The fourth-order valence-electron chi connectivity index (χ4n) is 2.19. The van der Waals surface area contributed by atoms with E-state index in [1.807, 2.05) is 6.07 Å². The predicted molar refractivity (Wildman–Crippen MR) is 89.4 cm³/mol. The molecule has 0 radical (unpaired) electrons. The number of thioether (sulfide) groups is 1. The van der Waals surface area contributed by atoms with Gasteiger partial charge in [-0.3, -0.25) is 0 Å². The van der Waals surface area contributed by atoms with Crippen LogP contribution in [0.4, 0.5) is 0 Å². The lowest BCUT2D eigenvalue weighted by Crippen LogP contribution is -2.14. The Bertz CT molecular complexity index is 666. The van der Waals surface area contributed by atoms with Crippen LogP contribution in [0.1, 0.15) is 22.3 Å². The third kappa shape index (κ3) is 4.16. The number of amidine groups is 1. The molecule has 0 saturated heterocycles. The van der Waals surface area contributed by atoms with Crippen molar-refractivity contribution in [1.29, 1.82) is 0 Å². The van der Waals surface area contributed by atoms with E-state index in [0.29, 0.717) is 10.6 Å². The molecule has 0 fully saturated rings. The first-order valence-electron chi connectivity index (χ1n) is 6.47. The van der Waals surface area contributed by atoms with Crippen molar-refractivity contribution in [2.24, 2.45) is 10.9 Å². The minimum atomic E-state index is 0.0922. The average Bonchev–Trinajstić information content (AvgIpc) is 2.43. The highest BCUT2D eigenvalue weighted by Gasteiger charge is 2.09. The van der Waals surface area contributed by atoms with Gasteiger partial charge >= 0.3 is 0 Å². The highest BCUT2D eigenvalue weighted by molar-refractivity contribution is 7.98. The van der Waals surface area contributed by atoms with Gasteiger partial charge in [-0.05, 0) is 37.6 Å². The summed E-state index contributed by atoms with van der Waals surface area (Å²) >= 11 is 7.66. The van der Waals surface area contributed by atoms with Crippen molar-refractivity contribution < 1.29 is 5.21 Å². The molecule has 21 heavy (non-hydrogen) atoms. The van der Waals surface area contributed by atoms with E-state index in [2.05, 4.69) is 37.2 Å². The van der Waals surface area contributed by atoms with Gasteiger partial charge < -0.3 is 10.9 Å². The van der Waals surface area contributed by atoms with Gasteiger partial charge in [-0.15, -0.1) is 11.8 Å².